The Morgan fingerprint density at radius 2 is 1.77 bits per heavy atom. The first-order valence-corrected chi connectivity index (χ1v) is 10.7. The second-order valence-electron chi connectivity index (χ2n) is 7.05. The summed E-state index contributed by atoms with van der Waals surface area (Å²) in [6.07, 6.45) is 0.789. The van der Waals surface area contributed by atoms with Crippen LogP contribution in [0.25, 0.3) is 0 Å². The topological polar surface area (TPSA) is 64.7 Å². The molecule has 1 aliphatic heterocycles. The van der Waals surface area contributed by atoms with Crippen molar-refractivity contribution in [3.63, 3.8) is 0 Å². The Morgan fingerprint density at radius 3 is 2.40 bits per heavy atom. The van der Waals surface area contributed by atoms with Gasteiger partial charge in [0.15, 0.2) is 5.11 Å². The molecule has 0 spiro atoms. The summed E-state index contributed by atoms with van der Waals surface area (Å²) in [6.45, 7) is 4.76. The van der Waals surface area contributed by atoms with Crippen molar-refractivity contribution in [3.8, 4) is 0 Å². The van der Waals surface area contributed by atoms with Gasteiger partial charge in [-0.3, -0.25) is 9.59 Å². The van der Waals surface area contributed by atoms with E-state index in [-0.39, 0.29) is 23.3 Å². The second kappa shape index (κ2) is 10.4. The Morgan fingerprint density at radius 1 is 1.07 bits per heavy atom. The Hall–Kier alpha value is -2.64. The van der Waals surface area contributed by atoms with Crippen LogP contribution >= 0.6 is 23.8 Å². The highest BCUT2D eigenvalue weighted by atomic mass is 35.5. The SMILES string of the molecule is CCC(=O)N1CCN(c2ccc(NC(=S)NC(=O)Cc3ccccc3)cc2Cl)CC1. The minimum Gasteiger partial charge on any atom is -0.367 e. The highest BCUT2D eigenvalue weighted by Gasteiger charge is 2.21. The van der Waals surface area contributed by atoms with E-state index in [9.17, 15) is 9.59 Å². The predicted octanol–water partition coefficient (Wildman–Crippen LogP) is 3.45. The van der Waals surface area contributed by atoms with Crippen molar-refractivity contribution < 1.29 is 9.59 Å². The Balaban J connectivity index is 1.53. The molecule has 158 valence electrons. The first-order chi connectivity index (χ1) is 14.5. The molecule has 0 aliphatic carbocycles. The highest BCUT2D eigenvalue weighted by Crippen LogP contribution is 2.29. The maximum atomic E-state index is 12.1. The van der Waals surface area contributed by atoms with Gasteiger partial charge in [0.1, 0.15) is 0 Å². The van der Waals surface area contributed by atoms with Crippen LogP contribution in [0.5, 0.6) is 0 Å². The molecule has 3 rings (SSSR count). The normalized spacial score (nSPS) is 13.7. The lowest BCUT2D eigenvalue weighted by atomic mass is 10.1. The van der Waals surface area contributed by atoms with E-state index in [1.165, 1.54) is 0 Å². The lowest BCUT2D eigenvalue weighted by molar-refractivity contribution is -0.131. The predicted molar refractivity (Wildman–Crippen MR) is 125 cm³/mol. The molecule has 0 saturated carbocycles. The molecule has 0 unspecified atom stereocenters. The molecule has 1 heterocycles. The van der Waals surface area contributed by atoms with Gasteiger partial charge in [-0.1, -0.05) is 48.9 Å². The fraction of sp³-hybridized carbons (Fsp3) is 0.318. The van der Waals surface area contributed by atoms with Crippen molar-refractivity contribution >= 4 is 52.1 Å². The van der Waals surface area contributed by atoms with Gasteiger partial charge in [0.05, 0.1) is 17.1 Å². The van der Waals surface area contributed by atoms with Crippen molar-refractivity contribution in [1.82, 2.24) is 10.2 Å². The maximum absolute atomic E-state index is 12.1. The summed E-state index contributed by atoms with van der Waals surface area (Å²) in [4.78, 5) is 28.0. The Bertz CT molecular complexity index is 915. The average molecular weight is 445 g/mol. The van der Waals surface area contributed by atoms with E-state index in [4.69, 9.17) is 23.8 Å². The lowest BCUT2D eigenvalue weighted by Crippen LogP contribution is -2.48. The fourth-order valence-corrected chi connectivity index (χ4v) is 3.91. The molecule has 1 saturated heterocycles. The number of hydrogen-bond acceptors (Lipinski definition) is 4. The van der Waals surface area contributed by atoms with Crippen LogP contribution in [0.1, 0.15) is 18.9 Å². The zero-order chi connectivity index (χ0) is 21.5. The zero-order valence-electron chi connectivity index (χ0n) is 16.9. The van der Waals surface area contributed by atoms with Crippen LogP contribution in [-0.4, -0.2) is 48.0 Å². The number of anilines is 2. The molecule has 30 heavy (non-hydrogen) atoms. The van der Waals surface area contributed by atoms with Crippen molar-refractivity contribution in [2.75, 3.05) is 36.4 Å². The molecule has 2 aromatic rings. The number of carbonyl (C=O) groups is 2. The van der Waals surface area contributed by atoms with Gasteiger partial charge in [0.25, 0.3) is 0 Å². The third-order valence-corrected chi connectivity index (χ3v) is 5.45. The third kappa shape index (κ3) is 5.93. The molecule has 0 bridgehead atoms. The molecular weight excluding hydrogens is 420 g/mol. The molecule has 6 nitrogen and oxygen atoms in total. The summed E-state index contributed by atoms with van der Waals surface area (Å²) in [5, 5.41) is 6.51. The first kappa shape index (κ1) is 22.1. The number of carbonyl (C=O) groups excluding carboxylic acids is 2. The van der Waals surface area contributed by atoms with Gasteiger partial charge < -0.3 is 20.4 Å². The van der Waals surface area contributed by atoms with Gasteiger partial charge >= 0.3 is 0 Å². The molecule has 2 aromatic carbocycles. The van der Waals surface area contributed by atoms with Crippen molar-refractivity contribution in [3.05, 3.63) is 59.1 Å². The van der Waals surface area contributed by atoms with E-state index in [0.29, 0.717) is 30.2 Å². The van der Waals surface area contributed by atoms with E-state index in [1.54, 1.807) is 6.07 Å². The number of halogens is 1. The number of piperazine rings is 1. The van der Waals surface area contributed by atoms with Crippen LogP contribution in [0.3, 0.4) is 0 Å². The summed E-state index contributed by atoms with van der Waals surface area (Å²) < 4.78 is 0. The smallest absolute Gasteiger partial charge is 0.230 e. The zero-order valence-corrected chi connectivity index (χ0v) is 18.4. The average Bonchev–Trinajstić information content (AvgIpc) is 2.74. The van der Waals surface area contributed by atoms with Crippen molar-refractivity contribution in [1.29, 1.82) is 0 Å². The van der Waals surface area contributed by atoms with Gasteiger partial charge in [0, 0.05) is 38.3 Å². The second-order valence-corrected chi connectivity index (χ2v) is 7.87. The van der Waals surface area contributed by atoms with Crippen LogP contribution in [0.4, 0.5) is 11.4 Å². The molecule has 1 aliphatic rings. The standard InChI is InChI=1S/C22H25ClN4O2S/c1-2-21(29)27-12-10-26(11-13-27)19-9-8-17(15-18(19)23)24-22(30)25-20(28)14-16-6-4-3-5-7-16/h3-9,15H,2,10-14H2,1H3,(H2,24,25,28,30). The van der Waals surface area contributed by atoms with Crippen molar-refractivity contribution in [2.45, 2.75) is 19.8 Å². The molecule has 2 amide bonds. The van der Waals surface area contributed by atoms with Crippen LogP contribution in [0.15, 0.2) is 48.5 Å². The van der Waals surface area contributed by atoms with E-state index < -0.39 is 0 Å². The number of rotatable bonds is 5. The van der Waals surface area contributed by atoms with E-state index in [2.05, 4.69) is 15.5 Å². The van der Waals surface area contributed by atoms with Gasteiger partial charge in [-0.05, 0) is 36.0 Å². The number of nitrogens with one attached hydrogen (secondary N) is 2. The van der Waals surface area contributed by atoms with Crippen LogP contribution in [0, 0.1) is 0 Å². The number of benzene rings is 2. The molecule has 1 fully saturated rings. The van der Waals surface area contributed by atoms with Crippen molar-refractivity contribution in [2.24, 2.45) is 0 Å². The first-order valence-electron chi connectivity index (χ1n) is 9.93. The van der Waals surface area contributed by atoms with Gasteiger partial charge in [-0.2, -0.15) is 0 Å². The van der Waals surface area contributed by atoms with Crippen LogP contribution in [-0.2, 0) is 16.0 Å². The van der Waals surface area contributed by atoms with Gasteiger partial charge in [0.2, 0.25) is 11.8 Å². The minimum absolute atomic E-state index is 0.180. The monoisotopic (exact) mass is 444 g/mol. The van der Waals surface area contributed by atoms with Gasteiger partial charge in [-0.15, -0.1) is 0 Å². The van der Waals surface area contributed by atoms with Crippen LogP contribution < -0.4 is 15.5 Å². The number of nitrogens with zero attached hydrogens (tertiary/aromatic N) is 2. The molecule has 0 radical (unpaired) electrons. The Labute approximate surface area is 187 Å². The largest absolute Gasteiger partial charge is 0.367 e. The molecule has 2 N–H and O–H groups in total. The fourth-order valence-electron chi connectivity index (χ4n) is 3.38. The minimum atomic E-state index is -0.180. The number of hydrogen-bond donors (Lipinski definition) is 2. The quantitative estimate of drug-likeness (QED) is 0.691. The van der Waals surface area contributed by atoms with E-state index >= 15 is 0 Å². The maximum Gasteiger partial charge on any atom is 0.230 e. The number of thiocarbonyl (C=S) groups is 1. The number of amides is 2. The molecule has 0 aromatic heterocycles. The molecule has 0 atom stereocenters. The lowest BCUT2D eigenvalue weighted by Gasteiger charge is -2.36. The summed E-state index contributed by atoms with van der Waals surface area (Å²) in [6, 6.07) is 15.1. The van der Waals surface area contributed by atoms with Gasteiger partial charge in [-0.25, -0.2) is 0 Å². The van der Waals surface area contributed by atoms with Crippen LogP contribution in [0.2, 0.25) is 5.02 Å². The summed E-state index contributed by atoms with van der Waals surface area (Å²) in [5.74, 6) is 0.00373. The third-order valence-electron chi connectivity index (χ3n) is 4.94. The Kier molecular flexibility index (Phi) is 7.65. The molecule has 8 heteroatoms. The highest BCUT2D eigenvalue weighted by molar-refractivity contribution is 7.80. The summed E-state index contributed by atoms with van der Waals surface area (Å²) >= 11 is 11.7. The summed E-state index contributed by atoms with van der Waals surface area (Å²) in [7, 11) is 0. The van der Waals surface area contributed by atoms with E-state index in [1.807, 2.05) is 54.3 Å². The molecular formula is C22H25ClN4O2S. The summed E-state index contributed by atoms with van der Waals surface area (Å²) in [5.41, 5.74) is 2.55. The van der Waals surface area contributed by atoms with E-state index in [0.717, 1.165) is 24.3 Å².